The van der Waals surface area contributed by atoms with E-state index in [-0.39, 0.29) is 0 Å². The lowest BCUT2D eigenvalue weighted by atomic mass is 10.6. The molecule has 0 heterocycles. The molecule has 0 saturated heterocycles. The average Bonchev–Trinajstić information content (AvgIpc) is 3.44. The summed E-state index contributed by atoms with van der Waals surface area (Å²) < 4.78 is 136. The molecule has 0 fully saturated rings. The molecule has 26 nitrogen and oxygen atoms in total. The Morgan fingerprint density at radius 2 is 0.208 bits per heavy atom. The first-order chi connectivity index (χ1) is 38.4. The summed E-state index contributed by atoms with van der Waals surface area (Å²) in [6.45, 7) is 25.3. The number of methoxy groups -OCH3 is 1. The van der Waals surface area contributed by atoms with Gasteiger partial charge in [0.2, 0.25) is 0 Å². The first-order valence-electron chi connectivity index (χ1n) is 27.5. The zero-order valence-corrected chi connectivity index (χ0v) is 47.1. The van der Waals surface area contributed by atoms with Gasteiger partial charge in [0.1, 0.15) is 0 Å². The fourth-order valence-electron chi connectivity index (χ4n) is 5.39. The van der Waals surface area contributed by atoms with Crippen molar-refractivity contribution in [2.24, 2.45) is 5.73 Å². The van der Waals surface area contributed by atoms with Gasteiger partial charge in [-0.15, -0.1) is 0 Å². The molecule has 2 N–H and O–H groups in total. The maximum atomic E-state index is 5.52. The molecule has 0 aliphatic heterocycles. The van der Waals surface area contributed by atoms with E-state index in [0.29, 0.717) is 330 Å². The molecule has 0 aromatic heterocycles. The minimum atomic E-state index is 0.486. The van der Waals surface area contributed by atoms with E-state index in [1.807, 2.05) is 0 Å². The van der Waals surface area contributed by atoms with Gasteiger partial charge in [0, 0.05) is 13.7 Å². The van der Waals surface area contributed by atoms with E-state index in [4.69, 9.17) is 124 Å². The van der Waals surface area contributed by atoms with Gasteiger partial charge in [0.05, 0.1) is 324 Å². The highest BCUT2D eigenvalue weighted by Crippen LogP contribution is 1.91. The Kier molecular flexibility index (Phi) is 73.9. The summed E-state index contributed by atoms with van der Waals surface area (Å²) in [6, 6.07) is 0. The molecule has 0 aromatic carbocycles. The molecule has 0 aliphatic carbocycles. The Balaban J connectivity index is 3.08. The standard InChI is InChI=1S/C51H105NO25/c1-53-4-5-55-8-9-57-12-13-59-16-17-61-20-21-63-24-25-65-28-29-67-32-33-69-36-37-71-40-41-73-44-45-75-48-49-77-51-50-76-47-46-74-43-42-72-39-38-70-35-34-68-31-30-66-27-26-64-23-22-62-19-18-60-15-14-58-11-10-56-7-6-54-3-2-52/h2-52H2,1H3. The first kappa shape index (κ1) is 76.0. The fraction of sp³-hybridized carbons (Fsp3) is 1.00. The van der Waals surface area contributed by atoms with Crippen LogP contribution in [0.15, 0.2) is 0 Å². The number of ether oxygens (including phenoxy) is 25. The Labute approximate surface area is 460 Å². The van der Waals surface area contributed by atoms with Crippen LogP contribution in [0.1, 0.15) is 0 Å². The van der Waals surface area contributed by atoms with Gasteiger partial charge in [0.25, 0.3) is 0 Å². The molecule has 0 amide bonds. The molecule has 0 aliphatic rings. The zero-order chi connectivity index (χ0) is 55.0. The number of hydrogen-bond donors (Lipinski definition) is 1. The second-order valence-electron chi connectivity index (χ2n) is 15.5. The third-order valence-corrected chi connectivity index (χ3v) is 9.25. The lowest BCUT2D eigenvalue weighted by Crippen LogP contribution is -2.16. The van der Waals surface area contributed by atoms with Crippen molar-refractivity contribution in [3.05, 3.63) is 0 Å². The van der Waals surface area contributed by atoms with E-state index in [1.54, 1.807) is 7.11 Å². The van der Waals surface area contributed by atoms with Gasteiger partial charge in [0.15, 0.2) is 0 Å². The van der Waals surface area contributed by atoms with Gasteiger partial charge in [-0.3, -0.25) is 0 Å². The van der Waals surface area contributed by atoms with E-state index in [9.17, 15) is 0 Å². The van der Waals surface area contributed by atoms with Crippen molar-refractivity contribution in [1.29, 1.82) is 0 Å². The van der Waals surface area contributed by atoms with Crippen molar-refractivity contribution >= 4 is 0 Å². The molecule has 77 heavy (non-hydrogen) atoms. The van der Waals surface area contributed by atoms with Crippen molar-refractivity contribution < 1.29 is 118 Å². The molecule has 0 aromatic rings. The van der Waals surface area contributed by atoms with Crippen LogP contribution in [0.5, 0.6) is 0 Å². The van der Waals surface area contributed by atoms with Crippen molar-refractivity contribution in [3.63, 3.8) is 0 Å². The van der Waals surface area contributed by atoms with Crippen LogP contribution in [0.4, 0.5) is 0 Å². The van der Waals surface area contributed by atoms with Crippen molar-refractivity contribution in [1.82, 2.24) is 0 Å². The minimum absolute atomic E-state index is 0.486. The maximum absolute atomic E-state index is 5.52. The summed E-state index contributed by atoms with van der Waals surface area (Å²) in [7, 11) is 1.64. The van der Waals surface area contributed by atoms with Crippen LogP contribution in [-0.2, 0) is 118 Å². The normalized spacial score (nSPS) is 11.8. The molecule has 0 radical (unpaired) electrons. The quantitative estimate of drug-likeness (QED) is 0.0786. The average molecular weight is 1130 g/mol. The van der Waals surface area contributed by atoms with E-state index in [2.05, 4.69) is 0 Å². The number of rotatable bonds is 74. The molecule has 0 saturated carbocycles. The molecule has 0 bridgehead atoms. The molecule has 0 atom stereocenters. The second-order valence-corrected chi connectivity index (χ2v) is 15.5. The summed E-state index contributed by atoms with van der Waals surface area (Å²) in [5.41, 5.74) is 5.35. The highest BCUT2D eigenvalue weighted by Gasteiger charge is 2.00. The van der Waals surface area contributed by atoms with Gasteiger partial charge >= 0.3 is 0 Å². The molecule has 0 spiro atoms. The molecule has 0 unspecified atom stereocenters. The fourth-order valence-corrected chi connectivity index (χ4v) is 5.39. The van der Waals surface area contributed by atoms with Gasteiger partial charge in [-0.1, -0.05) is 0 Å². The van der Waals surface area contributed by atoms with E-state index in [1.165, 1.54) is 0 Å². The zero-order valence-electron chi connectivity index (χ0n) is 47.1. The Morgan fingerprint density at radius 1 is 0.130 bits per heavy atom. The lowest BCUT2D eigenvalue weighted by molar-refractivity contribution is -0.0320. The topological polar surface area (TPSA) is 257 Å². The molecule has 464 valence electrons. The van der Waals surface area contributed by atoms with E-state index in [0.717, 1.165) is 0 Å². The van der Waals surface area contributed by atoms with Gasteiger partial charge < -0.3 is 124 Å². The lowest BCUT2D eigenvalue weighted by Gasteiger charge is -2.09. The highest BCUT2D eigenvalue weighted by molar-refractivity contribution is 4.43. The summed E-state index contributed by atoms with van der Waals surface area (Å²) in [5.74, 6) is 0. The van der Waals surface area contributed by atoms with Gasteiger partial charge in [-0.05, 0) is 0 Å². The maximum Gasteiger partial charge on any atom is 0.0701 e. The monoisotopic (exact) mass is 1130 g/mol. The third kappa shape index (κ3) is 75.0. The smallest absolute Gasteiger partial charge is 0.0701 e. The summed E-state index contributed by atoms with van der Waals surface area (Å²) >= 11 is 0. The molecular weight excluding hydrogens is 1030 g/mol. The Bertz CT molecular complexity index is 937. The summed E-state index contributed by atoms with van der Waals surface area (Å²) in [4.78, 5) is 0. The van der Waals surface area contributed by atoms with Crippen LogP contribution >= 0.6 is 0 Å². The van der Waals surface area contributed by atoms with Crippen LogP contribution in [0.2, 0.25) is 0 Å². The molecule has 26 heteroatoms. The Hall–Kier alpha value is -1.04. The molecular formula is C51H105NO25. The van der Waals surface area contributed by atoms with Crippen LogP contribution in [0, 0.1) is 0 Å². The van der Waals surface area contributed by atoms with Gasteiger partial charge in [-0.25, -0.2) is 0 Å². The van der Waals surface area contributed by atoms with Crippen LogP contribution in [0.25, 0.3) is 0 Å². The molecule has 0 rings (SSSR count). The summed E-state index contributed by atoms with van der Waals surface area (Å²) in [6.07, 6.45) is 0. The Morgan fingerprint density at radius 3 is 0.286 bits per heavy atom. The van der Waals surface area contributed by atoms with Crippen LogP contribution in [0.3, 0.4) is 0 Å². The predicted molar refractivity (Wildman–Crippen MR) is 281 cm³/mol. The van der Waals surface area contributed by atoms with Crippen molar-refractivity contribution in [3.8, 4) is 0 Å². The third-order valence-electron chi connectivity index (χ3n) is 9.25. The number of nitrogens with two attached hydrogens (primary N) is 1. The number of hydrogen-bond acceptors (Lipinski definition) is 26. The minimum Gasteiger partial charge on any atom is -0.382 e. The van der Waals surface area contributed by atoms with Crippen LogP contribution < -0.4 is 5.73 Å². The SMILES string of the molecule is COCCOCCOCCOCCOCCOCCOCCOCCOCCOCCOCCOCCOCCOCCOCCOCCOCCOCCOCCOCCOCCOCCOCCOCCOCCN. The van der Waals surface area contributed by atoms with E-state index < -0.39 is 0 Å². The van der Waals surface area contributed by atoms with E-state index >= 15 is 0 Å². The largest absolute Gasteiger partial charge is 0.382 e. The first-order valence-corrected chi connectivity index (χ1v) is 27.5. The van der Waals surface area contributed by atoms with Crippen molar-refractivity contribution in [2.45, 2.75) is 0 Å². The van der Waals surface area contributed by atoms with Crippen LogP contribution in [-0.4, -0.2) is 337 Å². The summed E-state index contributed by atoms with van der Waals surface area (Å²) in [5, 5.41) is 0. The predicted octanol–water partition coefficient (Wildman–Crippen LogP) is -0.0101. The van der Waals surface area contributed by atoms with Crippen molar-refractivity contribution in [2.75, 3.05) is 337 Å². The highest BCUT2D eigenvalue weighted by atomic mass is 16.6. The van der Waals surface area contributed by atoms with Gasteiger partial charge in [-0.2, -0.15) is 0 Å². The second kappa shape index (κ2) is 75.0.